The van der Waals surface area contributed by atoms with Crippen LogP contribution in [-0.2, 0) is 4.79 Å². The van der Waals surface area contributed by atoms with Crippen molar-refractivity contribution in [3.8, 4) is 5.75 Å². The predicted octanol–water partition coefficient (Wildman–Crippen LogP) is 1.50. The molecule has 0 bridgehead atoms. The Morgan fingerprint density at radius 3 is 2.36 bits per heavy atom. The first kappa shape index (κ1) is 20.1. The lowest BCUT2D eigenvalue weighted by molar-refractivity contribution is -0.533. The third-order valence-corrected chi connectivity index (χ3v) is 3.24. The first-order valence-electron chi connectivity index (χ1n) is 6.61. The van der Waals surface area contributed by atoms with Gasteiger partial charge in [-0.3, -0.25) is 14.9 Å². The molecule has 0 saturated heterocycles. The zero-order valence-electron chi connectivity index (χ0n) is 12.9. The average molecular weight is 332 g/mol. The van der Waals surface area contributed by atoms with E-state index in [1.165, 1.54) is 7.11 Å². The van der Waals surface area contributed by atoms with Gasteiger partial charge >= 0.3 is 0 Å². The molecule has 1 aromatic rings. The Kier molecular flexibility index (Phi) is 9.12. The first-order chi connectivity index (χ1) is 9.99. The van der Waals surface area contributed by atoms with E-state index in [4.69, 9.17) is 4.74 Å². The van der Waals surface area contributed by atoms with Crippen LogP contribution in [0.5, 0.6) is 5.75 Å². The van der Waals surface area contributed by atoms with Gasteiger partial charge in [-0.25, -0.2) is 0 Å². The van der Waals surface area contributed by atoms with Gasteiger partial charge in [-0.1, -0.05) is 0 Å². The summed E-state index contributed by atoms with van der Waals surface area (Å²) in [5, 5.41) is 14.0. The number of methoxy groups -OCH3 is 1. The molecular formula is C14H22ClN3O4. The van der Waals surface area contributed by atoms with Gasteiger partial charge in [0.1, 0.15) is 11.8 Å². The van der Waals surface area contributed by atoms with Gasteiger partial charge in [-0.2, -0.15) is 0 Å². The molecular weight excluding hydrogens is 310 g/mol. The Balaban J connectivity index is 0.00000441. The Morgan fingerprint density at radius 1 is 1.36 bits per heavy atom. The van der Waals surface area contributed by atoms with Crippen LogP contribution in [0.1, 0.15) is 18.0 Å². The van der Waals surface area contributed by atoms with Crippen molar-refractivity contribution in [2.45, 2.75) is 18.5 Å². The largest absolute Gasteiger partial charge is 0.497 e. The Labute approximate surface area is 136 Å². The summed E-state index contributed by atoms with van der Waals surface area (Å²) in [6.07, 6.45) is 1.00. The smallest absolute Gasteiger partial charge is 0.257 e. The summed E-state index contributed by atoms with van der Waals surface area (Å²) < 4.78 is 5.05. The van der Waals surface area contributed by atoms with Crippen LogP contribution in [0, 0.1) is 10.1 Å². The van der Waals surface area contributed by atoms with E-state index in [9.17, 15) is 14.9 Å². The van der Waals surface area contributed by atoms with Gasteiger partial charge in [0.2, 0.25) is 6.41 Å². The number of hydrogen-bond donors (Lipinski definition) is 1. The normalized spacial score (nSPS) is 12.9. The Hall–Kier alpha value is -1.86. The summed E-state index contributed by atoms with van der Waals surface area (Å²) in [6.45, 7) is 0.645. The molecule has 8 heteroatoms. The third kappa shape index (κ3) is 5.87. The van der Waals surface area contributed by atoms with Crippen molar-refractivity contribution in [1.82, 2.24) is 10.2 Å². The first-order valence-corrected chi connectivity index (χ1v) is 6.61. The number of amides is 1. The lowest BCUT2D eigenvalue weighted by Gasteiger charge is -2.22. The van der Waals surface area contributed by atoms with Crippen LogP contribution in [-0.4, -0.2) is 50.0 Å². The standard InChI is InChI=1S/C14H21N3O4.ClH/c1-16(2)9-8-13(15-10-18)14(17(19)20)11-4-6-12(21-3)7-5-11;/h4-7,10,13-14H,8-9H2,1-3H3,(H,15,18);1H. The number of ether oxygens (including phenoxy) is 1. The minimum Gasteiger partial charge on any atom is -0.497 e. The maximum Gasteiger partial charge on any atom is 0.257 e. The fourth-order valence-electron chi connectivity index (χ4n) is 2.12. The zero-order valence-corrected chi connectivity index (χ0v) is 13.7. The summed E-state index contributed by atoms with van der Waals surface area (Å²) in [7, 11) is 5.30. The summed E-state index contributed by atoms with van der Waals surface area (Å²) in [5.41, 5.74) is 0.541. The summed E-state index contributed by atoms with van der Waals surface area (Å²) in [4.78, 5) is 23.7. The van der Waals surface area contributed by atoms with Crippen LogP contribution in [0.3, 0.4) is 0 Å². The van der Waals surface area contributed by atoms with Crippen LogP contribution in [0.25, 0.3) is 0 Å². The summed E-state index contributed by atoms with van der Waals surface area (Å²) in [5.74, 6) is 0.633. The highest BCUT2D eigenvalue weighted by atomic mass is 35.5. The van der Waals surface area contributed by atoms with Gasteiger partial charge < -0.3 is 15.0 Å². The van der Waals surface area contributed by atoms with Crippen molar-refractivity contribution in [3.63, 3.8) is 0 Å². The van der Waals surface area contributed by atoms with Crippen molar-refractivity contribution in [1.29, 1.82) is 0 Å². The fourth-order valence-corrected chi connectivity index (χ4v) is 2.12. The number of nitrogens with one attached hydrogen (secondary N) is 1. The molecule has 1 aromatic carbocycles. The van der Waals surface area contributed by atoms with Gasteiger partial charge in [0.15, 0.2) is 0 Å². The lowest BCUT2D eigenvalue weighted by Crippen LogP contribution is -2.39. The minimum atomic E-state index is -0.985. The molecule has 0 spiro atoms. The Bertz CT molecular complexity index is 468. The second-order valence-electron chi connectivity index (χ2n) is 4.99. The zero-order chi connectivity index (χ0) is 15.8. The second-order valence-corrected chi connectivity index (χ2v) is 4.99. The van der Waals surface area contributed by atoms with E-state index in [-0.39, 0.29) is 17.3 Å². The number of nitro groups is 1. The van der Waals surface area contributed by atoms with Crippen LogP contribution in [0.15, 0.2) is 24.3 Å². The third-order valence-electron chi connectivity index (χ3n) is 3.24. The molecule has 1 N–H and O–H groups in total. The van der Waals surface area contributed by atoms with Crippen LogP contribution < -0.4 is 10.1 Å². The topological polar surface area (TPSA) is 84.7 Å². The van der Waals surface area contributed by atoms with Gasteiger partial charge in [0.05, 0.1) is 7.11 Å². The van der Waals surface area contributed by atoms with Gasteiger partial charge in [-0.05, 0) is 51.3 Å². The molecule has 0 aromatic heterocycles. The summed E-state index contributed by atoms with van der Waals surface area (Å²) >= 11 is 0. The number of nitrogens with zero attached hydrogens (tertiary/aromatic N) is 2. The van der Waals surface area contributed by atoms with Gasteiger partial charge in [0.25, 0.3) is 6.04 Å². The second kappa shape index (κ2) is 9.97. The quantitative estimate of drug-likeness (QED) is 0.421. The molecule has 2 unspecified atom stereocenters. The number of rotatable bonds is 9. The highest BCUT2D eigenvalue weighted by molar-refractivity contribution is 5.85. The molecule has 124 valence electrons. The molecule has 0 saturated carbocycles. The van der Waals surface area contributed by atoms with E-state index in [0.717, 1.165) is 0 Å². The molecule has 0 aliphatic carbocycles. The molecule has 1 amide bonds. The van der Waals surface area contributed by atoms with E-state index >= 15 is 0 Å². The fraction of sp³-hybridized carbons (Fsp3) is 0.500. The van der Waals surface area contributed by atoms with Crippen molar-refractivity contribution >= 4 is 18.8 Å². The van der Waals surface area contributed by atoms with E-state index < -0.39 is 12.1 Å². The molecule has 22 heavy (non-hydrogen) atoms. The molecule has 0 fully saturated rings. The minimum absolute atomic E-state index is 0. The molecule has 2 atom stereocenters. The van der Waals surface area contributed by atoms with Crippen molar-refractivity contribution in [2.75, 3.05) is 27.7 Å². The average Bonchev–Trinajstić information content (AvgIpc) is 2.45. The van der Waals surface area contributed by atoms with Crippen molar-refractivity contribution in [3.05, 3.63) is 39.9 Å². The highest BCUT2D eigenvalue weighted by Gasteiger charge is 2.32. The van der Waals surface area contributed by atoms with Crippen LogP contribution >= 0.6 is 12.4 Å². The maximum atomic E-state index is 11.4. The van der Waals surface area contributed by atoms with E-state index in [1.54, 1.807) is 24.3 Å². The maximum absolute atomic E-state index is 11.4. The number of carbonyl (C=O) groups is 1. The van der Waals surface area contributed by atoms with Crippen LogP contribution in [0.4, 0.5) is 0 Å². The molecule has 0 aliphatic rings. The van der Waals surface area contributed by atoms with E-state index in [1.807, 2.05) is 19.0 Å². The van der Waals surface area contributed by atoms with Gasteiger partial charge in [-0.15, -0.1) is 12.4 Å². The molecule has 7 nitrogen and oxygen atoms in total. The van der Waals surface area contributed by atoms with Gasteiger partial charge in [0, 0.05) is 10.5 Å². The molecule has 0 heterocycles. The lowest BCUT2D eigenvalue weighted by atomic mass is 9.97. The molecule has 0 aliphatic heterocycles. The van der Waals surface area contributed by atoms with Crippen molar-refractivity contribution < 1.29 is 14.5 Å². The number of carbonyl (C=O) groups excluding carboxylic acids is 1. The number of benzene rings is 1. The summed E-state index contributed by atoms with van der Waals surface area (Å²) in [6, 6.07) is 5.11. The van der Waals surface area contributed by atoms with Crippen LogP contribution in [0.2, 0.25) is 0 Å². The van der Waals surface area contributed by atoms with E-state index in [0.29, 0.717) is 30.7 Å². The van der Waals surface area contributed by atoms with Crippen molar-refractivity contribution in [2.24, 2.45) is 0 Å². The monoisotopic (exact) mass is 331 g/mol. The molecule has 0 radical (unpaired) electrons. The Morgan fingerprint density at radius 2 is 1.95 bits per heavy atom. The SMILES string of the molecule is COc1ccc(C(C(CCN(C)C)NC=O)[N+](=O)[O-])cc1.Cl. The molecule has 1 rings (SSSR count). The number of halogens is 1. The number of hydrogen-bond acceptors (Lipinski definition) is 5. The van der Waals surface area contributed by atoms with E-state index in [2.05, 4.69) is 5.32 Å². The highest BCUT2D eigenvalue weighted by Crippen LogP contribution is 2.24. The predicted molar refractivity (Wildman–Crippen MR) is 86.1 cm³/mol.